The third-order valence-electron chi connectivity index (χ3n) is 3.10. The van der Waals surface area contributed by atoms with E-state index in [1.807, 2.05) is 19.9 Å². The van der Waals surface area contributed by atoms with Gasteiger partial charge in [-0.25, -0.2) is 0 Å². The zero-order valence-electron chi connectivity index (χ0n) is 9.26. The zero-order chi connectivity index (χ0) is 11.9. The van der Waals surface area contributed by atoms with Crippen molar-refractivity contribution in [3.8, 4) is 6.07 Å². The van der Waals surface area contributed by atoms with Crippen molar-refractivity contribution in [2.45, 2.75) is 26.7 Å². The SMILES string of the molecule is CC1(C)CCc2[nH]c(=S)c(C#N)cc2C1=O. The van der Waals surface area contributed by atoms with Crippen LogP contribution < -0.4 is 0 Å². The summed E-state index contributed by atoms with van der Waals surface area (Å²) in [7, 11) is 0. The van der Waals surface area contributed by atoms with Crippen LogP contribution in [0.15, 0.2) is 6.07 Å². The highest BCUT2D eigenvalue weighted by Gasteiger charge is 2.34. The summed E-state index contributed by atoms with van der Waals surface area (Å²) in [6, 6.07) is 3.63. The van der Waals surface area contributed by atoms with Crippen LogP contribution in [0.2, 0.25) is 0 Å². The van der Waals surface area contributed by atoms with Crippen molar-refractivity contribution < 1.29 is 4.79 Å². The molecule has 0 saturated carbocycles. The summed E-state index contributed by atoms with van der Waals surface area (Å²) in [5, 5.41) is 8.89. The summed E-state index contributed by atoms with van der Waals surface area (Å²) in [5.74, 6) is 0.0940. The third kappa shape index (κ3) is 1.57. The topological polar surface area (TPSA) is 56.6 Å². The number of hydrogen-bond acceptors (Lipinski definition) is 3. The van der Waals surface area contributed by atoms with E-state index in [4.69, 9.17) is 17.5 Å². The van der Waals surface area contributed by atoms with Crippen LogP contribution in [-0.4, -0.2) is 10.8 Å². The molecule has 82 valence electrons. The van der Waals surface area contributed by atoms with Crippen molar-refractivity contribution >= 4 is 18.0 Å². The number of ketones is 1. The Morgan fingerprint density at radius 3 is 2.88 bits per heavy atom. The molecule has 1 heterocycles. The van der Waals surface area contributed by atoms with Crippen molar-refractivity contribution in [3.05, 3.63) is 27.5 Å². The highest BCUT2D eigenvalue weighted by molar-refractivity contribution is 7.71. The summed E-state index contributed by atoms with van der Waals surface area (Å²) < 4.78 is 0.425. The number of nitriles is 1. The van der Waals surface area contributed by atoms with E-state index in [-0.39, 0.29) is 11.2 Å². The summed E-state index contributed by atoms with van der Waals surface area (Å²) in [5.41, 5.74) is 1.53. The second-order valence-electron chi connectivity index (χ2n) is 4.73. The highest BCUT2D eigenvalue weighted by Crippen LogP contribution is 2.34. The van der Waals surface area contributed by atoms with Crippen molar-refractivity contribution in [1.82, 2.24) is 4.98 Å². The van der Waals surface area contributed by atoms with Crippen LogP contribution in [0.5, 0.6) is 0 Å². The number of carbonyl (C=O) groups is 1. The van der Waals surface area contributed by atoms with E-state index >= 15 is 0 Å². The number of carbonyl (C=O) groups excluding carboxylic acids is 1. The van der Waals surface area contributed by atoms with E-state index in [2.05, 4.69) is 4.98 Å². The molecule has 1 N–H and O–H groups in total. The Bertz CT molecular complexity index is 563. The molecule has 4 heteroatoms. The first-order valence-corrected chi connectivity index (χ1v) is 5.57. The lowest BCUT2D eigenvalue weighted by Gasteiger charge is -2.29. The molecular weight excluding hydrogens is 220 g/mol. The molecule has 16 heavy (non-hydrogen) atoms. The first-order valence-electron chi connectivity index (χ1n) is 5.17. The number of fused-ring (bicyclic) bond motifs is 1. The van der Waals surface area contributed by atoms with Crippen LogP contribution in [0.4, 0.5) is 0 Å². The molecule has 1 aliphatic rings. The van der Waals surface area contributed by atoms with Gasteiger partial charge in [-0.3, -0.25) is 4.79 Å². The van der Waals surface area contributed by atoms with Crippen molar-refractivity contribution in [2.75, 3.05) is 0 Å². The second kappa shape index (κ2) is 3.53. The summed E-state index contributed by atoms with van der Waals surface area (Å²) in [6.07, 6.45) is 1.62. The Hall–Kier alpha value is -1.47. The molecular formula is C12H12N2OS. The molecule has 0 unspecified atom stereocenters. The third-order valence-corrected chi connectivity index (χ3v) is 3.42. The van der Waals surface area contributed by atoms with Crippen molar-refractivity contribution in [2.24, 2.45) is 5.41 Å². The number of H-pyrrole nitrogens is 1. The van der Waals surface area contributed by atoms with Gasteiger partial charge in [0.15, 0.2) is 5.78 Å². The number of aromatic nitrogens is 1. The van der Waals surface area contributed by atoms with Crippen LogP contribution in [-0.2, 0) is 6.42 Å². The summed E-state index contributed by atoms with van der Waals surface area (Å²) >= 11 is 5.04. The number of Topliss-reactive ketones (excluding diaryl/α,β-unsaturated/α-hetero) is 1. The molecule has 0 bridgehead atoms. The molecule has 0 amide bonds. The number of nitrogens with one attached hydrogen (secondary N) is 1. The minimum Gasteiger partial charge on any atom is -0.348 e. The molecule has 0 saturated heterocycles. The lowest BCUT2D eigenvalue weighted by atomic mass is 9.74. The van der Waals surface area contributed by atoms with Gasteiger partial charge in [0, 0.05) is 16.7 Å². The molecule has 0 fully saturated rings. The predicted molar refractivity (Wildman–Crippen MR) is 62.8 cm³/mol. The molecule has 1 aromatic heterocycles. The van der Waals surface area contributed by atoms with Crippen LogP contribution in [0.25, 0.3) is 0 Å². The van der Waals surface area contributed by atoms with E-state index in [0.29, 0.717) is 15.8 Å². The Kier molecular flexibility index (Phi) is 2.43. The standard InChI is InChI=1S/C12H12N2OS/c1-12(2)4-3-9-8(10(12)15)5-7(6-13)11(16)14-9/h5H,3-4H2,1-2H3,(H,14,16). The second-order valence-corrected chi connectivity index (χ2v) is 5.14. The number of hydrogen-bond donors (Lipinski definition) is 1. The fourth-order valence-corrected chi connectivity index (χ4v) is 2.19. The number of rotatable bonds is 0. The van der Waals surface area contributed by atoms with Gasteiger partial charge in [0.05, 0.1) is 5.56 Å². The van der Waals surface area contributed by atoms with Gasteiger partial charge in [0.2, 0.25) is 0 Å². The number of aromatic amines is 1. The maximum Gasteiger partial charge on any atom is 0.170 e. The minimum atomic E-state index is -0.337. The zero-order valence-corrected chi connectivity index (χ0v) is 10.1. The molecule has 0 aliphatic heterocycles. The van der Waals surface area contributed by atoms with Gasteiger partial charge in [-0.15, -0.1) is 0 Å². The fraction of sp³-hybridized carbons (Fsp3) is 0.417. The highest BCUT2D eigenvalue weighted by atomic mass is 32.1. The Morgan fingerprint density at radius 1 is 1.56 bits per heavy atom. The first-order chi connectivity index (χ1) is 7.45. The lowest BCUT2D eigenvalue weighted by Crippen LogP contribution is -2.31. The molecule has 0 radical (unpaired) electrons. The summed E-state index contributed by atoms with van der Waals surface area (Å²) in [6.45, 7) is 3.87. The maximum atomic E-state index is 12.2. The van der Waals surface area contributed by atoms with Crippen LogP contribution >= 0.6 is 12.2 Å². The van der Waals surface area contributed by atoms with Crippen LogP contribution in [0.3, 0.4) is 0 Å². The number of nitrogens with zero attached hydrogens (tertiary/aromatic N) is 1. The molecule has 3 nitrogen and oxygen atoms in total. The van der Waals surface area contributed by atoms with Crippen LogP contribution in [0, 0.1) is 21.4 Å². The molecule has 0 atom stereocenters. The Labute approximate surface area is 99.1 Å². The quantitative estimate of drug-likeness (QED) is 0.700. The summed E-state index contributed by atoms with van der Waals surface area (Å²) in [4.78, 5) is 15.1. The molecule has 1 aromatic rings. The van der Waals surface area contributed by atoms with Gasteiger partial charge in [-0.2, -0.15) is 5.26 Å². The van der Waals surface area contributed by atoms with E-state index < -0.39 is 0 Å². The largest absolute Gasteiger partial charge is 0.348 e. The number of aryl methyl sites for hydroxylation is 1. The fourth-order valence-electron chi connectivity index (χ4n) is 1.97. The molecule has 0 spiro atoms. The molecule has 0 aromatic carbocycles. The van der Waals surface area contributed by atoms with Crippen molar-refractivity contribution in [1.29, 1.82) is 5.26 Å². The van der Waals surface area contributed by atoms with E-state index in [1.165, 1.54) is 0 Å². The van der Waals surface area contributed by atoms with Crippen LogP contribution in [0.1, 0.15) is 41.9 Å². The average Bonchev–Trinajstić information content (AvgIpc) is 2.24. The van der Waals surface area contributed by atoms with E-state index in [1.54, 1.807) is 6.07 Å². The van der Waals surface area contributed by atoms with Gasteiger partial charge in [-0.05, 0) is 18.9 Å². The Balaban J connectivity index is 2.66. The maximum absolute atomic E-state index is 12.2. The van der Waals surface area contributed by atoms with Crippen molar-refractivity contribution in [3.63, 3.8) is 0 Å². The predicted octanol–water partition coefficient (Wildman–Crippen LogP) is 2.77. The Morgan fingerprint density at radius 2 is 2.25 bits per heavy atom. The first kappa shape index (κ1) is 11.0. The average molecular weight is 232 g/mol. The minimum absolute atomic E-state index is 0.0940. The van der Waals surface area contributed by atoms with E-state index in [0.717, 1.165) is 18.5 Å². The smallest absolute Gasteiger partial charge is 0.170 e. The normalized spacial score (nSPS) is 17.7. The van der Waals surface area contributed by atoms with Gasteiger partial charge in [-0.1, -0.05) is 26.1 Å². The molecule has 1 aliphatic carbocycles. The van der Waals surface area contributed by atoms with Gasteiger partial charge in [0.1, 0.15) is 10.7 Å². The molecule has 2 rings (SSSR count). The monoisotopic (exact) mass is 232 g/mol. The van der Waals surface area contributed by atoms with Gasteiger partial charge >= 0.3 is 0 Å². The lowest BCUT2D eigenvalue weighted by molar-refractivity contribution is 0.0809. The van der Waals surface area contributed by atoms with E-state index in [9.17, 15) is 4.79 Å². The number of pyridine rings is 1. The van der Waals surface area contributed by atoms with Gasteiger partial charge < -0.3 is 4.98 Å². The van der Waals surface area contributed by atoms with Gasteiger partial charge in [0.25, 0.3) is 0 Å².